The second-order valence-corrected chi connectivity index (χ2v) is 8.92. The molecule has 0 fully saturated rings. The lowest BCUT2D eigenvalue weighted by molar-refractivity contribution is -0.147. The molecule has 30 heavy (non-hydrogen) atoms. The van der Waals surface area contributed by atoms with Crippen LogP contribution in [-0.2, 0) is 21.5 Å². The number of aromatic nitrogens is 1. The van der Waals surface area contributed by atoms with E-state index in [0.29, 0.717) is 6.54 Å². The van der Waals surface area contributed by atoms with Crippen LogP contribution in [0.5, 0.6) is 0 Å². The minimum absolute atomic E-state index is 0.00747. The van der Waals surface area contributed by atoms with E-state index in [1.165, 1.54) is 0 Å². The number of carbonyl (C=O) groups excluding carboxylic acids is 2. The summed E-state index contributed by atoms with van der Waals surface area (Å²) in [7, 11) is 0. The van der Waals surface area contributed by atoms with Crippen LogP contribution in [0.3, 0.4) is 0 Å². The van der Waals surface area contributed by atoms with Gasteiger partial charge in [-0.25, -0.2) is 0 Å². The van der Waals surface area contributed by atoms with Crippen LogP contribution in [0.1, 0.15) is 44.5 Å². The average molecular weight is 402 g/mol. The predicted molar refractivity (Wildman–Crippen MR) is 118 cm³/mol. The zero-order valence-electron chi connectivity index (χ0n) is 17.9. The highest BCUT2D eigenvalue weighted by Gasteiger charge is 2.61. The second-order valence-electron chi connectivity index (χ2n) is 8.92. The maximum atomic E-state index is 14.3. The maximum Gasteiger partial charge on any atom is 0.264 e. The molecular weight excluding hydrogens is 374 g/mol. The van der Waals surface area contributed by atoms with E-state index in [4.69, 9.17) is 0 Å². The van der Waals surface area contributed by atoms with Gasteiger partial charge in [0.2, 0.25) is 5.91 Å². The minimum atomic E-state index is -1.14. The Morgan fingerprint density at radius 2 is 1.73 bits per heavy atom. The van der Waals surface area contributed by atoms with E-state index in [0.717, 1.165) is 39.8 Å². The molecule has 2 aliphatic heterocycles. The summed E-state index contributed by atoms with van der Waals surface area (Å²) in [5, 5.41) is 1.14. The number of aromatic amines is 1. The van der Waals surface area contributed by atoms with E-state index >= 15 is 0 Å². The molecule has 2 aromatic carbocycles. The normalized spacial score (nSPS) is 20.5. The molecule has 1 aromatic heterocycles. The highest BCUT2D eigenvalue weighted by atomic mass is 16.2. The third-order valence-corrected chi connectivity index (χ3v) is 6.52. The van der Waals surface area contributed by atoms with Crippen molar-refractivity contribution in [2.75, 3.05) is 11.4 Å². The fourth-order valence-corrected chi connectivity index (χ4v) is 5.29. The van der Waals surface area contributed by atoms with Gasteiger partial charge in [-0.15, -0.1) is 0 Å². The molecule has 0 aliphatic carbocycles. The Morgan fingerprint density at radius 1 is 1.03 bits per heavy atom. The molecule has 1 spiro atoms. The van der Waals surface area contributed by atoms with Gasteiger partial charge in [0.25, 0.3) is 5.91 Å². The number of hydrogen-bond donors (Lipinski definition) is 1. The van der Waals surface area contributed by atoms with Crippen LogP contribution in [0.4, 0.5) is 5.69 Å². The zero-order chi connectivity index (χ0) is 21.2. The molecule has 5 heteroatoms. The standard InChI is InChI=1S/C25H27N3O2/c1-15(2)23(29)27-14-13-18-17-9-5-7-11-20(17)26-22(18)25(27)19-10-6-8-12-21(19)28(16(3)4)24(25)30/h5-12,15-16,26H,13-14H2,1-4H3/t25-/m1/s1. The first-order chi connectivity index (χ1) is 14.4. The van der Waals surface area contributed by atoms with Gasteiger partial charge in [-0.1, -0.05) is 50.2 Å². The van der Waals surface area contributed by atoms with E-state index in [2.05, 4.69) is 11.1 Å². The molecule has 0 radical (unpaired) electrons. The summed E-state index contributed by atoms with van der Waals surface area (Å²) < 4.78 is 0. The SMILES string of the molecule is CC(C)C(=O)N1CCc2c([nH]c3ccccc23)[C@]12C(=O)N(C(C)C)c1ccccc12. The van der Waals surface area contributed by atoms with Crippen molar-refractivity contribution in [2.45, 2.75) is 45.7 Å². The molecule has 1 atom stereocenters. The Kier molecular flexibility index (Phi) is 4.07. The largest absolute Gasteiger partial charge is 0.355 e. The molecule has 3 aromatic rings. The van der Waals surface area contributed by atoms with E-state index in [-0.39, 0.29) is 23.8 Å². The smallest absolute Gasteiger partial charge is 0.264 e. The first-order valence-corrected chi connectivity index (χ1v) is 10.7. The first kappa shape index (κ1) is 18.9. The van der Waals surface area contributed by atoms with Crippen LogP contribution < -0.4 is 4.90 Å². The van der Waals surface area contributed by atoms with Crippen LogP contribution in [-0.4, -0.2) is 34.3 Å². The lowest BCUT2D eigenvalue weighted by Gasteiger charge is -2.44. The molecule has 1 N–H and O–H groups in total. The molecular formula is C25H27N3O2. The number of rotatable bonds is 2. The molecule has 5 rings (SSSR count). The van der Waals surface area contributed by atoms with Crippen molar-refractivity contribution in [2.24, 2.45) is 5.92 Å². The number of H-pyrrole nitrogens is 1. The van der Waals surface area contributed by atoms with Gasteiger partial charge in [-0.3, -0.25) is 9.59 Å². The summed E-state index contributed by atoms with van der Waals surface area (Å²) in [6.07, 6.45) is 0.733. The van der Waals surface area contributed by atoms with E-state index in [9.17, 15) is 9.59 Å². The van der Waals surface area contributed by atoms with Gasteiger partial charge < -0.3 is 14.8 Å². The number of amides is 2. The van der Waals surface area contributed by atoms with Crippen LogP contribution in [0.2, 0.25) is 0 Å². The quantitative estimate of drug-likeness (QED) is 0.699. The minimum Gasteiger partial charge on any atom is -0.355 e. The average Bonchev–Trinajstić information content (AvgIpc) is 3.23. The number of carbonyl (C=O) groups is 2. The van der Waals surface area contributed by atoms with Crippen molar-refractivity contribution in [3.63, 3.8) is 0 Å². The third-order valence-electron chi connectivity index (χ3n) is 6.52. The summed E-state index contributed by atoms with van der Waals surface area (Å²) in [6, 6.07) is 16.1. The van der Waals surface area contributed by atoms with Gasteiger partial charge in [0.15, 0.2) is 5.54 Å². The summed E-state index contributed by atoms with van der Waals surface area (Å²) in [5.74, 6) is -0.228. The number of anilines is 1. The van der Waals surface area contributed by atoms with E-state index in [1.54, 1.807) is 0 Å². The number of nitrogens with one attached hydrogen (secondary N) is 1. The van der Waals surface area contributed by atoms with Crippen molar-refractivity contribution in [3.8, 4) is 0 Å². The molecule has 154 valence electrons. The second kappa shape index (κ2) is 6.46. The van der Waals surface area contributed by atoms with Crippen molar-refractivity contribution in [1.29, 1.82) is 0 Å². The van der Waals surface area contributed by atoms with Crippen LogP contribution >= 0.6 is 0 Å². The van der Waals surface area contributed by atoms with Crippen LogP contribution in [0.15, 0.2) is 48.5 Å². The topological polar surface area (TPSA) is 56.4 Å². The molecule has 3 heterocycles. The highest BCUT2D eigenvalue weighted by molar-refractivity contribution is 6.13. The summed E-state index contributed by atoms with van der Waals surface area (Å²) in [4.78, 5) is 35.0. The lowest BCUT2D eigenvalue weighted by Crippen LogP contribution is -2.60. The first-order valence-electron chi connectivity index (χ1n) is 10.7. The van der Waals surface area contributed by atoms with Gasteiger partial charge in [-0.2, -0.15) is 0 Å². The van der Waals surface area contributed by atoms with Gasteiger partial charge in [0, 0.05) is 35.0 Å². The fourth-order valence-electron chi connectivity index (χ4n) is 5.29. The van der Waals surface area contributed by atoms with Crippen molar-refractivity contribution < 1.29 is 9.59 Å². The molecule has 2 amide bonds. The summed E-state index contributed by atoms with van der Waals surface area (Å²) >= 11 is 0. The Hall–Kier alpha value is -3.08. The molecule has 2 aliphatic rings. The van der Waals surface area contributed by atoms with Crippen LogP contribution in [0, 0.1) is 5.92 Å². The third kappa shape index (κ3) is 2.23. The zero-order valence-corrected chi connectivity index (χ0v) is 17.9. The lowest BCUT2D eigenvalue weighted by atomic mass is 9.79. The van der Waals surface area contributed by atoms with Gasteiger partial charge >= 0.3 is 0 Å². The summed E-state index contributed by atoms with van der Waals surface area (Å²) in [5.41, 5.74) is 3.65. The van der Waals surface area contributed by atoms with Gasteiger partial charge in [0.05, 0.1) is 11.4 Å². The van der Waals surface area contributed by atoms with Gasteiger partial charge in [-0.05, 0) is 38.0 Å². The number of nitrogens with zero attached hydrogens (tertiary/aromatic N) is 2. The molecule has 5 nitrogen and oxygen atoms in total. The summed E-state index contributed by atoms with van der Waals surface area (Å²) in [6.45, 7) is 8.39. The monoisotopic (exact) mass is 401 g/mol. The highest BCUT2D eigenvalue weighted by Crippen LogP contribution is 2.52. The van der Waals surface area contributed by atoms with Crippen LogP contribution in [0.25, 0.3) is 10.9 Å². The van der Waals surface area contributed by atoms with Crippen molar-refractivity contribution in [1.82, 2.24) is 9.88 Å². The van der Waals surface area contributed by atoms with Gasteiger partial charge in [0.1, 0.15) is 0 Å². The fraction of sp³-hybridized carbons (Fsp3) is 0.360. The number of para-hydroxylation sites is 2. The van der Waals surface area contributed by atoms with E-state index in [1.807, 2.05) is 80.0 Å². The Balaban J connectivity index is 1.89. The molecule has 0 saturated heterocycles. The number of benzene rings is 2. The number of fused-ring (bicyclic) bond motifs is 6. The molecule has 0 saturated carbocycles. The Bertz CT molecular complexity index is 1180. The van der Waals surface area contributed by atoms with Crippen molar-refractivity contribution in [3.05, 3.63) is 65.4 Å². The Morgan fingerprint density at radius 3 is 2.47 bits per heavy atom. The molecule has 0 bridgehead atoms. The molecule has 0 unspecified atom stereocenters. The van der Waals surface area contributed by atoms with E-state index < -0.39 is 5.54 Å². The number of hydrogen-bond acceptors (Lipinski definition) is 2. The predicted octanol–water partition coefficient (Wildman–Crippen LogP) is 4.21. The maximum absolute atomic E-state index is 14.3. The van der Waals surface area contributed by atoms with Crippen molar-refractivity contribution >= 4 is 28.4 Å². The Labute approximate surface area is 176 Å².